The Morgan fingerprint density at radius 1 is 1.25 bits per heavy atom. The molecule has 4 nitrogen and oxygen atoms in total. The first-order valence-electron chi connectivity index (χ1n) is 5.88. The summed E-state index contributed by atoms with van der Waals surface area (Å²) < 4.78 is 13.6. The molecule has 1 N–H and O–H groups in total. The van der Waals surface area contributed by atoms with Crippen molar-refractivity contribution in [2.24, 2.45) is 0 Å². The Morgan fingerprint density at radius 2 is 1.95 bits per heavy atom. The van der Waals surface area contributed by atoms with Crippen LogP contribution in [-0.2, 0) is 0 Å². The number of halogens is 1. The largest absolute Gasteiger partial charge is 0.389 e. The molecule has 0 unspecified atom stereocenters. The zero-order chi connectivity index (χ0) is 14.7. The Labute approximate surface area is 119 Å². The number of nitro benzene ring substituents is 1. The van der Waals surface area contributed by atoms with Crippen molar-refractivity contribution in [3.63, 3.8) is 0 Å². The molecule has 6 heteroatoms. The van der Waals surface area contributed by atoms with Crippen LogP contribution in [0.3, 0.4) is 0 Å². The summed E-state index contributed by atoms with van der Waals surface area (Å²) in [4.78, 5) is 11.2. The molecule has 0 amide bonds. The second-order valence-corrected chi connectivity index (χ2v) is 5.28. The van der Waals surface area contributed by atoms with Gasteiger partial charge in [-0.2, -0.15) is 0 Å². The normalized spacial score (nSPS) is 12.2. The van der Waals surface area contributed by atoms with Crippen molar-refractivity contribution in [3.05, 3.63) is 64.0 Å². The molecule has 0 bridgehead atoms. The van der Waals surface area contributed by atoms with Crippen LogP contribution in [0.4, 0.5) is 10.1 Å². The van der Waals surface area contributed by atoms with Crippen LogP contribution in [0.25, 0.3) is 0 Å². The molecule has 2 aromatic rings. The van der Waals surface area contributed by atoms with Gasteiger partial charge in [0.05, 0.1) is 15.9 Å². The average Bonchev–Trinajstić information content (AvgIpc) is 2.41. The lowest BCUT2D eigenvalue weighted by atomic mass is 10.1. The molecule has 2 rings (SSSR count). The molecule has 0 spiro atoms. The standard InChI is InChI=1S/C14H12FNO3S/c1-9(17)10-6-7-14(12(8-10)16(18)19)20-13-5-3-2-4-11(13)15/h2-9,17H,1H3/t9-/m0/s1. The number of nitrogens with zero attached hydrogens (tertiary/aromatic N) is 1. The van der Waals surface area contributed by atoms with E-state index < -0.39 is 16.8 Å². The van der Waals surface area contributed by atoms with Crippen LogP contribution in [0.2, 0.25) is 0 Å². The van der Waals surface area contributed by atoms with Gasteiger partial charge in [0, 0.05) is 11.0 Å². The highest BCUT2D eigenvalue weighted by Gasteiger charge is 2.18. The number of hydrogen-bond donors (Lipinski definition) is 1. The van der Waals surface area contributed by atoms with Gasteiger partial charge in [0.1, 0.15) is 5.82 Å². The lowest BCUT2D eigenvalue weighted by molar-refractivity contribution is -0.387. The quantitative estimate of drug-likeness (QED) is 0.685. The molecule has 0 aliphatic rings. The molecule has 0 aromatic heterocycles. The first kappa shape index (κ1) is 14.5. The van der Waals surface area contributed by atoms with Crippen molar-refractivity contribution >= 4 is 17.4 Å². The smallest absolute Gasteiger partial charge is 0.283 e. The van der Waals surface area contributed by atoms with Crippen LogP contribution in [0.15, 0.2) is 52.3 Å². The predicted molar refractivity (Wildman–Crippen MR) is 74.3 cm³/mol. The van der Waals surface area contributed by atoms with E-state index in [0.29, 0.717) is 15.4 Å². The van der Waals surface area contributed by atoms with Crippen LogP contribution in [0, 0.1) is 15.9 Å². The van der Waals surface area contributed by atoms with E-state index in [0.717, 1.165) is 11.8 Å². The van der Waals surface area contributed by atoms with E-state index in [-0.39, 0.29) is 5.69 Å². The van der Waals surface area contributed by atoms with Gasteiger partial charge in [0.25, 0.3) is 5.69 Å². The average molecular weight is 293 g/mol. The van der Waals surface area contributed by atoms with Crippen LogP contribution < -0.4 is 0 Å². The summed E-state index contributed by atoms with van der Waals surface area (Å²) in [5, 5.41) is 20.6. The van der Waals surface area contributed by atoms with Crippen molar-refractivity contribution in [1.29, 1.82) is 0 Å². The molecule has 0 fully saturated rings. The summed E-state index contributed by atoms with van der Waals surface area (Å²) in [6.07, 6.45) is -0.791. The summed E-state index contributed by atoms with van der Waals surface area (Å²) in [5.74, 6) is -0.425. The van der Waals surface area contributed by atoms with Crippen molar-refractivity contribution in [3.8, 4) is 0 Å². The SMILES string of the molecule is C[C@H](O)c1ccc(Sc2ccccc2F)c([N+](=O)[O-])c1. The van der Waals surface area contributed by atoms with Crippen molar-refractivity contribution in [1.82, 2.24) is 0 Å². The van der Waals surface area contributed by atoms with E-state index in [4.69, 9.17) is 0 Å². The zero-order valence-electron chi connectivity index (χ0n) is 10.6. The predicted octanol–water partition coefficient (Wildman–Crippen LogP) is 3.94. The Morgan fingerprint density at radius 3 is 2.55 bits per heavy atom. The molecule has 1 atom stereocenters. The van der Waals surface area contributed by atoms with Gasteiger partial charge >= 0.3 is 0 Å². The van der Waals surface area contributed by atoms with E-state index >= 15 is 0 Å². The van der Waals surface area contributed by atoms with Gasteiger partial charge in [-0.15, -0.1) is 0 Å². The second kappa shape index (κ2) is 6.02. The molecule has 20 heavy (non-hydrogen) atoms. The van der Waals surface area contributed by atoms with Crippen molar-refractivity contribution < 1.29 is 14.4 Å². The highest BCUT2D eigenvalue weighted by atomic mass is 32.2. The number of aliphatic hydroxyl groups is 1. The van der Waals surface area contributed by atoms with E-state index in [1.807, 2.05) is 0 Å². The second-order valence-electron chi connectivity index (χ2n) is 4.19. The maximum atomic E-state index is 13.6. The fourth-order valence-electron chi connectivity index (χ4n) is 1.67. The lowest BCUT2D eigenvalue weighted by Gasteiger charge is -2.08. The highest BCUT2D eigenvalue weighted by molar-refractivity contribution is 7.99. The number of nitro groups is 1. The number of benzene rings is 2. The molecule has 0 saturated heterocycles. The van der Waals surface area contributed by atoms with Gasteiger partial charge in [0.15, 0.2) is 0 Å². The van der Waals surface area contributed by atoms with E-state index in [1.54, 1.807) is 24.3 Å². The summed E-state index contributed by atoms with van der Waals surface area (Å²) >= 11 is 0.991. The molecule has 0 radical (unpaired) electrons. The molecular weight excluding hydrogens is 281 g/mol. The minimum absolute atomic E-state index is 0.142. The van der Waals surface area contributed by atoms with Crippen molar-refractivity contribution in [2.45, 2.75) is 22.8 Å². The highest BCUT2D eigenvalue weighted by Crippen LogP contribution is 2.37. The zero-order valence-corrected chi connectivity index (χ0v) is 11.4. The summed E-state index contributed by atoms with van der Waals surface area (Å²) in [5.41, 5.74) is 0.311. The minimum atomic E-state index is -0.791. The summed E-state index contributed by atoms with van der Waals surface area (Å²) in [6.45, 7) is 1.53. The lowest BCUT2D eigenvalue weighted by Crippen LogP contribution is -1.96. The first-order chi connectivity index (χ1) is 9.49. The Hall–Kier alpha value is -1.92. The Bertz CT molecular complexity index is 646. The number of hydrogen-bond acceptors (Lipinski definition) is 4. The van der Waals surface area contributed by atoms with E-state index in [9.17, 15) is 19.6 Å². The van der Waals surface area contributed by atoms with Gasteiger partial charge < -0.3 is 5.11 Å². The molecule has 0 heterocycles. The molecule has 0 aliphatic carbocycles. The molecule has 2 aromatic carbocycles. The van der Waals surface area contributed by atoms with Gasteiger partial charge in [-0.25, -0.2) is 4.39 Å². The van der Waals surface area contributed by atoms with Gasteiger partial charge in [-0.1, -0.05) is 30.0 Å². The minimum Gasteiger partial charge on any atom is -0.389 e. The van der Waals surface area contributed by atoms with E-state index in [2.05, 4.69) is 0 Å². The molecule has 104 valence electrons. The third-order valence-corrected chi connectivity index (χ3v) is 3.83. The van der Waals surface area contributed by atoms with Crippen molar-refractivity contribution in [2.75, 3.05) is 0 Å². The third kappa shape index (κ3) is 3.15. The summed E-state index contributed by atoms with van der Waals surface area (Å²) in [6, 6.07) is 10.5. The topological polar surface area (TPSA) is 63.4 Å². The molecule has 0 saturated carbocycles. The van der Waals surface area contributed by atoms with Crippen LogP contribution in [0.5, 0.6) is 0 Å². The van der Waals surface area contributed by atoms with Gasteiger partial charge in [-0.3, -0.25) is 10.1 Å². The van der Waals surface area contributed by atoms with Gasteiger partial charge in [0.2, 0.25) is 0 Å². The van der Waals surface area contributed by atoms with E-state index in [1.165, 1.54) is 25.1 Å². The van der Waals surface area contributed by atoms with Crippen LogP contribution >= 0.6 is 11.8 Å². The first-order valence-corrected chi connectivity index (χ1v) is 6.69. The molecular formula is C14H12FNO3S. The third-order valence-electron chi connectivity index (χ3n) is 2.72. The van der Waals surface area contributed by atoms with Crippen LogP contribution in [-0.4, -0.2) is 10.0 Å². The maximum Gasteiger partial charge on any atom is 0.283 e. The maximum absolute atomic E-state index is 13.6. The fraction of sp³-hybridized carbons (Fsp3) is 0.143. The Kier molecular flexibility index (Phi) is 4.36. The van der Waals surface area contributed by atoms with Gasteiger partial charge in [-0.05, 0) is 30.7 Å². The Balaban J connectivity index is 2.41. The fourth-order valence-corrected chi connectivity index (χ4v) is 2.59. The van der Waals surface area contributed by atoms with Crippen LogP contribution in [0.1, 0.15) is 18.6 Å². The summed E-state index contributed by atoms with van der Waals surface area (Å²) in [7, 11) is 0. The number of aliphatic hydroxyl groups excluding tert-OH is 1. The number of rotatable bonds is 4. The molecule has 0 aliphatic heterocycles. The monoisotopic (exact) mass is 293 g/mol.